The number of carbonyl (C=O) groups is 1. The highest BCUT2D eigenvalue weighted by atomic mass is 32.2. The van der Waals surface area contributed by atoms with Crippen molar-refractivity contribution in [2.24, 2.45) is 0 Å². The molecule has 0 aromatic heterocycles. The highest BCUT2D eigenvalue weighted by molar-refractivity contribution is 8.00. The van der Waals surface area contributed by atoms with E-state index >= 15 is 0 Å². The van der Waals surface area contributed by atoms with Gasteiger partial charge in [-0.2, -0.15) is 0 Å². The Kier molecular flexibility index (Phi) is 6.81. The van der Waals surface area contributed by atoms with Crippen molar-refractivity contribution < 1.29 is 14.3 Å². The first kappa shape index (κ1) is 17.2. The average molecular weight is 331 g/mol. The number of rotatable bonds is 8. The Morgan fingerprint density at radius 3 is 2.35 bits per heavy atom. The van der Waals surface area contributed by atoms with Crippen molar-refractivity contribution in [2.45, 2.75) is 11.8 Å². The Hall–Kier alpha value is -2.14. The molecule has 2 aromatic carbocycles. The fourth-order valence-corrected chi connectivity index (χ4v) is 2.59. The van der Waals surface area contributed by atoms with Crippen molar-refractivity contribution in [1.82, 2.24) is 5.32 Å². The maximum atomic E-state index is 11.8. The Morgan fingerprint density at radius 1 is 1.04 bits per heavy atom. The molecule has 0 spiro atoms. The zero-order valence-electron chi connectivity index (χ0n) is 13.4. The zero-order chi connectivity index (χ0) is 16.5. The Bertz CT molecular complexity index is 611. The Balaban J connectivity index is 1.61. The van der Waals surface area contributed by atoms with E-state index in [0.29, 0.717) is 18.9 Å². The number of hydrogen-bond donors (Lipinski definition) is 1. The van der Waals surface area contributed by atoms with Gasteiger partial charge in [-0.3, -0.25) is 4.79 Å². The topological polar surface area (TPSA) is 47.6 Å². The molecule has 0 heterocycles. The molecule has 0 radical (unpaired) electrons. The predicted molar refractivity (Wildman–Crippen MR) is 93.4 cm³/mol. The number of thioether (sulfide) groups is 1. The number of aryl methyl sites for hydroxylation is 1. The van der Waals surface area contributed by atoms with Gasteiger partial charge >= 0.3 is 0 Å². The lowest BCUT2D eigenvalue weighted by molar-refractivity contribution is -0.118. The van der Waals surface area contributed by atoms with Gasteiger partial charge in [0.1, 0.15) is 18.1 Å². The standard InChI is InChI=1S/C18H21NO3S/c1-14-3-9-17(10-4-14)23-13-18(20)19-11-12-22-16-7-5-15(21-2)6-8-16/h3-10H,11-13H2,1-2H3,(H,19,20). The third-order valence-corrected chi connectivity index (χ3v) is 4.16. The van der Waals surface area contributed by atoms with Crippen molar-refractivity contribution >= 4 is 17.7 Å². The van der Waals surface area contributed by atoms with Crippen molar-refractivity contribution in [1.29, 1.82) is 0 Å². The Labute approximate surface area is 141 Å². The summed E-state index contributed by atoms with van der Waals surface area (Å²) >= 11 is 1.53. The molecule has 0 aliphatic heterocycles. The second-order valence-corrected chi connectivity index (χ2v) is 6.02. The first-order chi connectivity index (χ1) is 11.2. The monoisotopic (exact) mass is 331 g/mol. The third-order valence-electron chi connectivity index (χ3n) is 3.14. The van der Waals surface area contributed by atoms with Crippen molar-refractivity contribution in [3.05, 3.63) is 54.1 Å². The van der Waals surface area contributed by atoms with Gasteiger partial charge in [-0.25, -0.2) is 0 Å². The molecular weight excluding hydrogens is 310 g/mol. The summed E-state index contributed by atoms with van der Waals surface area (Å²) in [5.41, 5.74) is 1.22. The molecule has 1 amide bonds. The van der Waals surface area contributed by atoms with Gasteiger partial charge in [-0.05, 0) is 43.3 Å². The van der Waals surface area contributed by atoms with Gasteiger partial charge in [0.2, 0.25) is 5.91 Å². The number of amides is 1. The molecule has 0 saturated heterocycles. The second-order valence-electron chi connectivity index (χ2n) is 4.98. The maximum Gasteiger partial charge on any atom is 0.230 e. The van der Waals surface area contributed by atoms with Gasteiger partial charge in [0.05, 0.1) is 19.4 Å². The number of carbonyl (C=O) groups excluding carboxylic acids is 1. The summed E-state index contributed by atoms with van der Waals surface area (Å²) in [7, 11) is 1.63. The molecule has 0 unspecified atom stereocenters. The smallest absolute Gasteiger partial charge is 0.230 e. The molecular formula is C18H21NO3S. The van der Waals surface area contributed by atoms with E-state index in [1.807, 2.05) is 55.5 Å². The molecule has 122 valence electrons. The van der Waals surface area contributed by atoms with E-state index in [1.54, 1.807) is 7.11 Å². The minimum Gasteiger partial charge on any atom is -0.497 e. The predicted octanol–water partition coefficient (Wildman–Crippen LogP) is 3.29. The van der Waals surface area contributed by atoms with E-state index in [9.17, 15) is 4.79 Å². The lowest BCUT2D eigenvalue weighted by Crippen LogP contribution is -2.29. The summed E-state index contributed by atoms with van der Waals surface area (Å²) in [6, 6.07) is 15.5. The molecule has 1 N–H and O–H groups in total. The lowest BCUT2D eigenvalue weighted by Gasteiger charge is -2.08. The minimum atomic E-state index is 0.00825. The van der Waals surface area contributed by atoms with Crippen LogP contribution in [0, 0.1) is 6.92 Å². The van der Waals surface area contributed by atoms with E-state index in [2.05, 4.69) is 5.32 Å². The first-order valence-corrected chi connectivity index (χ1v) is 8.39. The van der Waals surface area contributed by atoms with E-state index in [-0.39, 0.29) is 5.91 Å². The lowest BCUT2D eigenvalue weighted by atomic mass is 10.2. The van der Waals surface area contributed by atoms with E-state index in [1.165, 1.54) is 17.3 Å². The van der Waals surface area contributed by atoms with Crippen LogP contribution in [0.3, 0.4) is 0 Å². The number of nitrogens with one attached hydrogen (secondary N) is 1. The molecule has 0 atom stereocenters. The molecule has 23 heavy (non-hydrogen) atoms. The molecule has 0 bridgehead atoms. The van der Waals surface area contributed by atoms with Gasteiger partial charge in [-0.15, -0.1) is 11.8 Å². The van der Waals surface area contributed by atoms with Crippen LogP contribution in [0.5, 0.6) is 11.5 Å². The fourth-order valence-electron chi connectivity index (χ4n) is 1.87. The van der Waals surface area contributed by atoms with E-state index in [4.69, 9.17) is 9.47 Å². The third kappa shape index (κ3) is 6.24. The molecule has 0 aliphatic rings. The van der Waals surface area contributed by atoms with Crippen LogP contribution in [0.25, 0.3) is 0 Å². The summed E-state index contributed by atoms with van der Waals surface area (Å²) in [6.07, 6.45) is 0. The van der Waals surface area contributed by atoms with Crippen molar-refractivity contribution in [3.8, 4) is 11.5 Å². The second kappa shape index (κ2) is 9.10. The molecule has 4 nitrogen and oxygen atoms in total. The maximum absolute atomic E-state index is 11.8. The van der Waals surface area contributed by atoms with Crippen LogP contribution in [0.15, 0.2) is 53.4 Å². The molecule has 0 fully saturated rings. The fraction of sp³-hybridized carbons (Fsp3) is 0.278. The number of ether oxygens (including phenoxy) is 2. The van der Waals surface area contributed by atoms with Gasteiger partial charge < -0.3 is 14.8 Å². The summed E-state index contributed by atoms with van der Waals surface area (Å²) in [5, 5.41) is 2.85. The highest BCUT2D eigenvalue weighted by Crippen LogP contribution is 2.18. The molecule has 5 heteroatoms. The minimum absolute atomic E-state index is 0.00825. The summed E-state index contributed by atoms with van der Waals surface area (Å²) in [6.45, 7) is 2.97. The SMILES string of the molecule is COc1ccc(OCCNC(=O)CSc2ccc(C)cc2)cc1. The van der Waals surface area contributed by atoms with Crippen LogP contribution in [0.1, 0.15) is 5.56 Å². The molecule has 0 saturated carbocycles. The number of hydrogen-bond acceptors (Lipinski definition) is 4. The normalized spacial score (nSPS) is 10.2. The quantitative estimate of drug-likeness (QED) is 0.596. The number of methoxy groups -OCH3 is 1. The van der Waals surface area contributed by atoms with Crippen LogP contribution in [-0.2, 0) is 4.79 Å². The summed E-state index contributed by atoms with van der Waals surface area (Å²) < 4.78 is 10.6. The summed E-state index contributed by atoms with van der Waals surface area (Å²) in [4.78, 5) is 12.9. The van der Waals surface area contributed by atoms with Crippen LogP contribution in [0.4, 0.5) is 0 Å². The number of benzene rings is 2. The largest absolute Gasteiger partial charge is 0.497 e. The Morgan fingerprint density at radius 2 is 1.70 bits per heavy atom. The molecule has 2 aromatic rings. The van der Waals surface area contributed by atoms with Crippen LogP contribution in [0.2, 0.25) is 0 Å². The van der Waals surface area contributed by atoms with E-state index < -0.39 is 0 Å². The van der Waals surface area contributed by atoms with Crippen LogP contribution >= 0.6 is 11.8 Å². The van der Waals surface area contributed by atoms with E-state index in [0.717, 1.165) is 16.4 Å². The molecule has 0 aliphatic carbocycles. The van der Waals surface area contributed by atoms with Crippen molar-refractivity contribution in [3.63, 3.8) is 0 Å². The van der Waals surface area contributed by atoms with Crippen LogP contribution in [-0.4, -0.2) is 31.9 Å². The van der Waals surface area contributed by atoms with Gasteiger partial charge in [0.25, 0.3) is 0 Å². The highest BCUT2D eigenvalue weighted by Gasteiger charge is 2.02. The van der Waals surface area contributed by atoms with Gasteiger partial charge in [0.15, 0.2) is 0 Å². The first-order valence-electron chi connectivity index (χ1n) is 7.40. The zero-order valence-corrected chi connectivity index (χ0v) is 14.2. The van der Waals surface area contributed by atoms with Crippen LogP contribution < -0.4 is 14.8 Å². The van der Waals surface area contributed by atoms with Gasteiger partial charge in [-0.1, -0.05) is 17.7 Å². The van der Waals surface area contributed by atoms with Gasteiger partial charge in [0, 0.05) is 4.90 Å². The molecule has 2 rings (SSSR count). The van der Waals surface area contributed by atoms with Crippen molar-refractivity contribution in [2.75, 3.05) is 26.0 Å². The average Bonchev–Trinajstić information content (AvgIpc) is 2.59. The summed E-state index contributed by atoms with van der Waals surface area (Å²) in [5.74, 6) is 1.97.